The third kappa shape index (κ3) is 7.94. The summed E-state index contributed by atoms with van der Waals surface area (Å²) in [4.78, 5) is 7.20. The molecule has 1 atom stereocenters. The topological polar surface area (TPSA) is 57.5 Å². The third-order valence-corrected chi connectivity index (χ3v) is 4.52. The van der Waals surface area contributed by atoms with Gasteiger partial charge in [0.15, 0.2) is 5.96 Å². The maximum absolute atomic E-state index is 4.78. The van der Waals surface area contributed by atoms with E-state index in [1.807, 2.05) is 6.92 Å². The van der Waals surface area contributed by atoms with Gasteiger partial charge >= 0.3 is 0 Å². The summed E-state index contributed by atoms with van der Waals surface area (Å²) in [7, 11) is 2.21. The number of piperidine rings is 1. The summed E-state index contributed by atoms with van der Waals surface area (Å²) in [5.41, 5.74) is 2.32. The molecule has 2 rings (SSSR count). The molecule has 1 fully saturated rings. The van der Waals surface area contributed by atoms with Gasteiger partial charge in [-0.15, -0.1) is 24.0 Å². The molecule has 1 saturated heterocycles. The van der Waals surface area contributed by atoms with Gasteiger partial charge in [-0.25, -0.2) is 0 Å². The number of halogens is 1. The number of likely N-dealkylation sites (tertiary alicyclic amines) is 1. The third-order valence-electron chi connectivity index (χ3n) is 4.52. The van der Waals surface area contributed by atoms with Crippen molar-refractivity contribution in [1.29, 1.82) is 0 Å². The van der Waals surface area contributed by atoms with Crippen molar-refractivity contribution < 1.29 is 0 Å². The first-order valence-corrected chi connectivity index (χ1v) is 9.30. The summed E-state index contributed by atoms with van der Waals surface area (Å²) < 4.78 is 2.08. The van der Waals surface area contributed by atoms with Gasteiger partial charge in [0, 0.05) is 38.4 Å². The second-order valence-electron chi connectivity index (χ2n) is 6.92. The highest BCUT2D eigenvalue weighted by molar-refractivity contribution is 14.0. The molecule has 1 unspecified atom stereocenters. The molecule has 0 aromatic carbocycles. The molecule has 0 saturated carbocycles. The Labute approximate surface area is 169 Å². The number of hydrogen-bond donors (Lipinski definition) is 2. The quantitative estimate of drug-likeness (QED) is 0.283. The molecule has 0 aliphatic carbocycles. The lowest BCUT2D eigenvalue weighted by molar-refractivity contribution is 0.214. The van der Waals surface area contributed by atoms with Crippen molar-refractivity contribution in [2.24, 2.45) is 10.9 Å². The molecule has 6 nitrogen and oxygen atoms in total. The lowest BCUT2D eigenvalue weighted by Gasteiger charge is -2.28. The maximum Gasteiger partial charge on any atom is 0.191 e. The van der Waals surface area contributed by atoms with Gasteiger partial charge in [0.05, 0.1) is 5.69 Å². The van der Waals surface area contributed by atoms with Crippen molar-refractivity contribution in [3.63, 3.8) is 0 Å². The predicted molar refractivity (Wildman–Crippen MR) is 116 cm³/mol. The van der Waals surface area contributed by atoms with E-state index in [-0.39, 0.29) is 24.0 Å². The highest BCUT2D eigenvalue weighted by atomic mass is 127. The van der Waals surface area contributed by atoms with Crippen molar-refractivity contribution >= 4 is 29.9 Å². The Morgan fingerprint density at radius 1 is 1.36 bits per heavy atom. The van der Waals surface area contributed by atoms with Crippen LogP contribution in [0.4, 0.5) is 0 Å². The number of aliphatic imine (C=N–C) groups is 1. The lowest BCUT2D eigenvalue weighted by Crippen LogP contribution is -2.39. The smallest absolute Gasteiger partial charge is 0.191 e. The average molecular weight is 462 g/mol. The highest BCUT2D eigenvalue weighted by Gasteiger charge is 2.16. The van der Waals surface area contributed by atoms with Crippen LogP contribution in [0.1, 0.15) is 37.6 Å². The maximum atomic E-state index is 4.78. The zero-order chi connectivity index (χ0) is 17.4. The minimum Gasteiger partial charge on any atom is -0.357 e. The van der Waals surface area contributed by atoms with Crippen LogP contribution in [0.3, 0.4) is 0 Å². The number of rotatable bonds is 7. The van der Waals surface area contributed by atoms with Crippen LogP contribution < -0.4 is 10.6 Å². The fourth-order valence-electron chi connectivity index (χ4n) is 3.32. The Bertz CT molecular complexity index is 528. The van der Waals surface area contributed by atoms with Gasteiger partial charge in [0.25, 0.3) is 0 Å². The van der Waals surface area contributed by atoms with Crippen LogP contribution in [0.5, 0.6) is 0 Å². The lowest BCUT2D eigenvalue weighted by atomic mass is 9.99. The molecule has 0 amide bonds. The SMILES string of the molecule is CCNC(=NCC1CCCN(C)C1)NCCCn1nc(C)cc1C.I. The van der Waals surface area contributed by atoms with Gasteiger partial charge in [0.1, 0.15) is 0 Å². The Morgan fingerprint density at radius 3 is 2.80 bits per heavy atom. The first-order chi connectivity index (χ1) is 11.6. The van der Waals surface area contributed by atoms with Crippen LogP contribution in [0, 0.1) is 19.8 Å². The van der Waals surface area contributed by atoms with Gasteiger partial charge in [-0.1, -0.05) is 0 Å². The first-order valence-electron chi connectivity index (χ1n) is 9.30. The van der Waals surface area contributed by atoms with Crippen molar-refractivity contribution in [1.82, 2.24) is 25.3 Å². The summed E-state index contributed by atoms with van der Waals surface area (Å²) in [6, 6.07) is 2.13. The zero-order valence-electron chi connectivity index (χ0n) is 16.2. The summed E-state index contributed by atoms with van der Waals surface area (Å²) in [5, 5.41) is 11.3. The van der Waals surface area contributed by atoms with E-state index in [1.165, 1.54) is 31.6 Å². The molecule has 1 aromatic rings. The van der Waals surface area contributed by atoms with Crippen LogP contribution in [-0.4, -0.2) is 60.4 Å². The second-order valence-corrected chi connectivity index (χ2v) is 6.92. The molecule has 0 spiro atoms. The number of nitrogens with zero attached hydrogens (tertiary/aromatic N) is 4. The molecule has 2 heterocycles. The molecule has 0 radical (unpaired) electrons. The van der Waals surface area contributed by atoms with Crippen LogP contribution in [0.15, 0.2) is 11.1 Å². The zero-order valence-corrected chi connectivity index (χ0v) is 18.5. The fraction of sp³-hybridized carbons (Fsp3) is 0.778. The van der Waals surface area contributed by atoms with Gasteiger partial charge in [-0.05, 0) is 65.6 Å². The van der Waals surface area contributed by atoms with Gasteiger partial charge in [0.2, 0.25) is 0 Å². The van der Waals surface area contributed by atoms with E-state index >= 15 is 0 Å². The molecule has 25 heavy (non-hydrogen) atoms. The van der Waals surface area contributed by atoms with E-state index in [1.54, 1.807) is 0 Å². The van der Waals surface area contributed by atoms with Crippen molar-refractivity contribution in [3.8, 4) is 0 Å². The van der Waals surface area contributed by atoms with Crippen molar-refractivity contribution in [2.75, 3.05) is 39.8 Å². The molecule has 1 aliphatic rings. The molecule has 1 aromatic heterocycles. The number of nitrogens with one attached hydrogen (secondary N) is 2. The van der Waals surface area contributed by atoms with E-state index in [4.69, 9.17) is 4.99 Å². The molecule has 144 valence electrons. The monoisotopic (exact) mass is 462 g/mol. The number of hydrogen-bond acceptors (Lipinski definition) is 3. The van der Waals surface area contributed by atoms with Crippen LogP contribution in [0.2, 0.25) is 0 Å². The van der Waals surface area contributed by atoms with Gasteiger partial charge in [-0.3, -0.25) is 9.67 Å². The molecule has 0 bridgehead atoms. The molecule has 7 heteroatoms. The Balaban J connectivity index is 0.00000312. The van der Waals surface area contributed by atoms with Crippen LogP contribution in [0.25, 0.3) is 0 Å². The minimum atomic E-state index is 0. The molecular weight excluding hydrogens is 427 g/mol. The summed E-state index contributed by atoms with van der Waals surface area (Å²) >= 11 is 0. The summed E-state index contributed by atoms with van der Waals surface area (Å²) in [6.07, 6.45) is 3.63. The van der Waals surface area contributed by atoms with Gasteiger partial charge < -0.3 is 15.5 Å². The number of guanidine groups is 1. The van der Waals surface area contributed by atoms with E-state index in [9.17, 15) is 0 Å². The largest absolute Gasteiger partial charge is 0.357 e. The Hall–Kier alpha value is -0.830. The average Bonchev–Trinajstić information content (AvgIpc) is 2.87. The summed E-state index contributed by atoms with van der Waals surface area (Å²) in [5.74, 6) is 1.63. The van der Waals surface area contributed by atoms with Crippen LogP contribution in [-0.2, 0) is 6.54 Å². The van der Waals surface area contributed by atoms with E-state index in [0.29, 0.717) is 5.92 Å². The van der Waals surface area contributed by atoms with Crippen molar-refractivity contribution in [3.05, 3.63) is 17.5 Å². The Kier molecular flexibility index (Phi) is 10.4. The molecule has 2 N–H and O–H groups in total. The van der Waals surface area contributed by atoms with E-state index in [2.05, 4.69) is 52.3 Å². The summed E-state index contributed by atoms with van der Waals surface area (Å²) in [6.45, 7) is 12.3. The minimum absolute atomic E-state index is 0. The van der Waals surface area contributed by atoms with E-state index < -0.39 is 0 Å². The van der Waals surface area contributed by atoms with Crippen molar-refractivity contribution in [2.45, 2.75) is 46.6 Å². The van der Waals surface area contributed by atoms with Crippen LogP contribution >= 0.6 is 24.0 Å². The standard InChI is InChI=1S/C18H34N6.HI/c1-5-19-18(21-13-17-8-6-10-23(4)14-17)20-9-7-11-24-16(3)12-15(2)22-24;/h12,17H,5-11,13-14H2,1-4H3,(H2,19,20,21);1H. The second kappa shape index (κ2) is 11.7. The first kappa shape index (κ1) is 22.2. The highest BCUT2D eigenvalue weighted by Crippen LogP contribution is 2.14. The Morgan fingerprint density at radius 2 is 2.16 bits per heavy atom. The number of aryl methyl sites for hydroxylation is 3. The van der Waals surface area contributed by atoms with E-state index in [0.717, 1.165) is 44.3 Å². The van der Waals surface area contributed by atoms with Gasteiger partial charge in [-0.2, -0.15) is 5.10 Å². The fourth-order valence-corrected chi connectivity index (χ4v) is 3.32. The molecule has 1 aliphatic heterocycles. The number of aromatic nitrogens is 2. The molecular formula is C18H35IN6. The normalized spacial score (nSPS) is 18.7. The predicted octanol–water partition coefficient (Wildman–Crippen LogP) is 2.40.